The minimum atomic E-state index is -0.217. The molecule has 0 atom stereocenters. The van der Waals surface area contributed by atoms with Crippen LogP contribution in [0, 0.1) is 5.82 Å². The van der Waals surface area contributed by atoms with Crippen LogP contribution in [-0.2, 0) is 5.33 Å². The Kier molecular flexibility index (Phi) is 5.69. The lowest BCUT2D eigenvalue weighted by Crippen LogP contribution is -1.99. The fraction of sp³-hybridized carbons (Fsp3) is 0.500. The van der Waals surface area contributed by atoms with Gasteiger partial charge < -0.3 is 4.74 Å². The molecular weight excluding hydrogens is 259 g/mol. The van der Waals surface area contributed by atoms with Crippen LogP contribution < -0.4 is 4.74 Å². The lowest BCUT2D eigenvalue weighted by molar-refractivity contribution is 0.303. The predicted octanol–water partition coefficient (Wildman–Crippen LogP) is 4.29. The van der Waals surface area contributed by atoms with Crippen molar-refractivity contribution in [3.05, 3.63) is 29.6 Å². The van der Waals surface area contributed by atoms with Crippen LogP contribution in [0.15, 0.2) is 18.2 Å². The van der Waals surface area contributed by atoms with E-state index in [4.69, 9.17) is 4.74 Å². The molecule has 0 amide bonds. The number of alkyl halides is 1. The zero-order valence-electron chi connectivity index (χ0n) is 8.93. The third kappa shape index (κ3) is 4.20. The van der Waals surface area contributed by atoms with Crippen molar-refractivity contribution < 1.29 is 9.13 Å². The van der Waals surface area contributed by atoms with Crippen LogP contribution in [-0.4, -0.2) is 6.61 Å². The zero-order valence-corrected chi connectivity index (χ0v) is 10.5. The first-order chi connectivity index (χ1) is 7.27. The van der Waals surface area contributed by atoms with Gasteiger partial charge in [0.25, 0.3) is 0 Å². The molecule has 0 spiro atoms. The summed E-state index contributed by atoms with van der Waals surface area (Å²) in [5, 5.41) is 0.619. The molecule has 1 rings (SSSR count). The monoisotopic (exact) mass is 274 g/mol. The van der Waals surface area contributed by atoms with E-state index in [-0.39, 0.29) is 5.82 Å². The van der Waals surface area contributed by atoms with Crippen molar-refractivity contribution in [3.8, 4) is 5.75 Å². The Morgan fingerprint density at radius 3 is 2.80 bits per heavy atom. The number of benzene rings is 1. The van der Waals surface area contributed by atoms with Crippen molar-refractivity contribution in [2.75, 3.05) is 6.61 Å². The number of hydrogen-bond acceptors (Lipinski definition) is 1. The zero-order chi connectivity index (χ0) is 11.1. The van der Waals surface area contributed by atoms with Crippen LogP contribution in [0.1, 0.15) is 31.7 Å². The van der Waals surface area contributed by atoms with Gasteiger partial charge >= 0.3 is 0 Å². The van der Waals surface area contributed by atoms with Gasteiger partial charge in [0.05, 0.1) is 6.61 Å². The van der Waals surface area contributed by atoms with Crippen molar-refractivity contribution in [3.63, 3.8) is 0 Å². The molecular formula is C12H16BrFO. The van der Waals surface area contributed by atoms with Gasteiger partial charge in [-0.05, 0) is 24.6 Å². The first-order valence-corrected chi connectivity index (χ1v) is 6.37. The Balaban J connectivity index is 2.52. The molecule has 0 saturated heterocycles. The molecule has 15 heavy (non-hydrogen) atoms. The maximum absolute atomic E-state index is 12.9. The van der Waals surface area contributed by atoms with E-state index in [0.717, 1.165) is 17.7 Å². The van der Waals surface area contributed by atoms with Gasteiger partial charge in [0.2, 0.25) is 0 Å². The molecule has 0 radical (unpaired) electrons. The highest BCUT2D eigenvalue weighted by Crippen LogP contribution is 2.22. The van der Waals surface area contributed by atoms with E-state index in [9.17, 15) is 4.39 Å². The molecule has 0 heterocycles. The molecule has 1 aromatic rings. The Morgan fingerprint density at radius 2 is 2.13 bits per heavy atom. The molecule has 0 N–H and O–H groups in total. The van der Waals surface area contributed by atoms with E-state index in [2.05, 4.69) is 22.9 Å². The van der Waals surface area contributed by atoms with Crippen molar-refractivity contribution in [1.29, 1.82) is 0 Å². The molecule has 1 aromatic carbocycles. The summed E-state index contributed by atoms with van der Waals surface area (Å²) in [6.07, 6.45) is 3.40. The van der Waals surface area contributed by atoms with Gasteiger partial charge in [-0.2, -0.15) is 0 Å². The van der Waals surface area contributed by atoms with Crippen LogP contribution in [0.3, 0.4) is 0 Å². The molecule has 0 fully saturated rings. The maximum atomic E-state index is 12.9. The smallest absolute Gasteiger partial charge is 0.123 e. The molecule has 0 aliphatic heterocycles. The standard InChI is InChI=1S/C12H16BrFO/c1-2-3-4-7-15-12-6-5-11(14)8-10(12)9-13/h5-6,8H,2-4,7,9H2,1H3. The minimum absolute atomic E-state index is 0.217. The van der Waals surface area contributed by atoms with Crippen LogP contribution in [0.5, 0.6) is 5.75 Å². The van der Waals surface area contributed by atoms with E-state index in [1.165, 1.54) is 25.0 Å². The van der Waals surface area contributed by atoms with Gasteiger partial charge in [0.15, 0.2) is 0 Å². The maximum Gasteiger partial charge on any atom is 0.123 e. The first kappa shape index (κ1) is 12.5. The van der Waals surface area contributed by atoms with Gasteiger partial charge in [-0.1, -0.05) is 35.7 Å². The van der Waals surface area contributed by atoms with Crippen LogP contribution in [0.4, 0.5) is 4.39 Å². The fourth-order valence-corrected chi connectivity index (χ4v) is 1.77. The molecule has 0 aliphatic carbocycles. The molecule has 0 aliphatic rings. The highest BCUT2D eigenvalue weighted by Gasteiger charge is 2.03. The van der Waals surface area contributed by atoms with Gasteiger partial charge in [0, 0.05) is 10.9 Å². The van der Waals surface area contributed by atoms with Crippen molar-refractivity contribution in [2.45, 2.75) is 31.5 Å². The normalized spacial score (nSPS) is 10.3. The Labute approximate surface area is 98.8 Å². The quantitative estimate of drug-likeness (QED) is 0.556. The average Bonchev–Trinajstić information content (AvgIpc) is 2.26. The molecule has 0 unspecified atom stereocenters. The van der Waals surface area contributed by atoms with Crippen molar-refractivity contribution in [1.82, 2.24) is 0 Å². The number of hydrogen-bond donors (Lipinski definition) is 0. The lowest BCUT2D eigenvalue weighted by atomic mass is 10.2. The van der Waals surface area contributed by atoms with Crippen LogP contribution in [0.25, 0.3) is 0 Å². The summed E-state index contributed by atoms with van der Waals surface area (Å²) in [5.41, 5.74) is 0.867. The lowest BCUT2D eigenvalue weighted by Gasteiger charge is -2.09. The highest BCUT2D eigenvalue weighted by molar-refractivity contribution is 9.08. The van der Waals surface area contributed by atoms with E-state index in [1.54, 1.807) is 6.07 Å². The number of unbranched alkanes of at least 4 members (excludes halogenated alkanes) is 2. The Bertz CT molecular complexity index is 302. The highest BCUT2D eigenvalue weighted by atomic mass is 79.9. The summed E-state index contributed by atoms with van der Waals surface area (Å²) in [7, 11) is 0. The second kappa shape index (κ2) is 6.83. The van der Waals surface area contributed by atoms with E-state index < -0.39 is 0 Å². The summed E-state index contributed by atoms with van der Waals surface area (Å²) >= 11 is 3.32. The molecule has 0 aromatic heterocycles. The number of rotatable bonds is 6. The van der Waals surface area contributed by atoms with E-state index in [1.807, 2.05) is 0 Å². The first-order valence-electron chi connectivity index (χ1n) is 5.25. The summed E-state index contributed by atoms with van der Waals surface area (Å²) in [6, 6.07) is 4.63. The summed E-state index contributed by atoms with van der Waals surface area (Å²) in [6.45, 7) is 2.86. The van der Waals surface area contributed by atoms with Crippen molar-refractivity contribution in [2.24, 2.45) is 0 Å². The van der Waals surface area contributed by atoms with Crippen LogP contribution >= 0.6 is 15.9 Å². The van der Waals surface area contributed by atoms with E-state index in [0.29, 0.717) is 11.9 Å². The fourth-order valence-electron chi connectivity index (χ4n) is 1.33. The summed E-state index contributed by atoms with van der Waals surface area (Å²) in [5.74, 6) is 0.565. The molecule has 1 nitrogen and oxygen atoms in total. The summed E-state index contributed by atoms with van der Waals surface area (Å²) < 4.78 is 18.5. The van der Waals surface area contributed by atoms with E-state index >= 15 is 0 Å². The number of halogens is 2. The third-order valence-electron chi connectivity index (χ3n) is 2.17. The summed E-state index contributed by atoms with van der Waals surface area (Å²) in [4.78, 5) is 0. The van der Waals surface area contributed by atoms with Gasteiger partial charge in [0.1, 0.15) is 11.6 Å². The van der Waals surface area contributed by atoms with Gasteiger partial charge in [-0.3, -0.25) is 0 Å². The van der Waals surface area contributed by atoms with Crippen LogP contribution in [0.2, 0.25) is 0 Å². The second-order valence-electron chi connectivity index (χ2n) is 3.44. The Hall–Kier alpha value is -0.570. The third-order valence-corrected chi connectivity index (χ3v) is 2.78. The van der Waals surface area contributed by atoms with Gasteiger partial charge in [-0.25, -0.2) is 4.39 Å². The van der Waals surface area contributed by atoms with Gasteiger partial charge in [-0.15, -0.1) is 0 Å². The predicted molar refractivity (Wildman–Crippen MR) is 64.1 cm³/mol. The Morgan fingerprint density at radius 1 is 1.33 bits per heavy atom. The average molecular weight is 275 g/mol. The SMILES string of the molecule is CCCCCOc1ccc(F)cc1CBr. The molecule has 3 heteroatoms. The minimum Gasteiger partial charge on any atom is -0.493 e. The largest absolute Gasteiger partial charge is 0.493 e. The second-order valence-corrected chi connectivity index (χ2v) is 4.00. The topological polar surface area (TPSA) is 9.23 Å². The molecule has 84 valence electrons. The van der Waals surface area contributed by atoms with Crippen molar-refractivity contribution >= 4 is 15.9 Å². The molecule has 0 saturated carbocycles. The number of ether oxygens (including phenoxy) is 1. The molecule has 0 bridgehead atoms.